The van der Waals surface area contributed by atoms with Gasteiger partial charge in [-0.25, -0.2) is 0 Å². The van der Waals surface area contributed by atoms with Gasteiger partial charge in [0.2, 0.25) is 0 Å². The molecule has 1 heterocycles. The van der Waals surface area contributed by atoms with E-state index in [-0.39, 0.29) is 12.5 Å². The first-order valence-corrected chi connectivity index (χ1v) is 9.84. The normalized spacial score (nSPS) is 10.3. The molecule has 0 spiro atoms. The highest BCUT2D eigenvalue weighted by molar-refractivity contribution is 9.10. The van der Waals surface area contributed by atoms with Gasteiger partial charge in [-0.3, -0.25) is 14.6 Å². The fourth-order valence-corrected chi connectivity index (χ4v) is 3.22. The molecule has 1 aromatic heterocycles. The first kappa shape index (κ1) is 20.8. The third kappa shape index (κ3) is 6.04. The lowest BCUT2D eigenvalue weighted by Gasteiger charge is -2.12. The standard InChI is InChI=1S/C21H17BrClN3O3/c22-15-7-8-19(17(23)10-15)29-13-20(27)26-18-6-2-1-5-16(18)21(28)25-12-14-4-3-9-24-11-14/h1-11H,12-13H2,(H,25,28)(H,26,27). The number of carbonyl (C=O) groups is 2. The maximum Gasteiger partial charge on any atom is 0.262 e. The van der Waals surface area contributed by atoms with Crippen LogP contribution in [-0.4, -0.2) is 23.4 Å². The Labute approximate surface area is 181 Å². The van der Waals surface area contributed by atoms with Gasteiger partial charge >= 0.3 is 0 Å². The number of carbonyl (C=O) groups excluding carboxylic acids is 2. The van der Waals surface area contributed by atoms with Crippen molar-refractivity contribution in [3.63, 3.8) is 0 Å². The zero-order valence-electron chi connectivity index (χ0n) is 15.2. The minimum absolute atomic E-state index is 0.243. The highest BCUT2D eigenvalue weighted by atomic mass is 79.9. The highest BCUT2D eigenvalue weighted by Gasteiger charge is 2.14. The second-order valence-corrected chi connectivity index (χ2v) is 7.32. The van der Waals surface area contributed by atoms with E-state index >= 15 is 0 Å². The van der Waals surface area contributed by atoms with Crippen LogP contribution in [0.15, 0.2) is 71.5 Å². The van der Waals surface area contributed by atoms with Crippen molar-refractivity contribution in [1.29, 1.82) is 0 Å². The number of nitrogens with zero attached hydrogens (tertiary/aromatic N) is 1. The number of ether oxygens (including phenoxy) is 1. The first-order valence-electron chi connectivity index (χ1n) is 8.67. The Morgan fingerprint density at radius 3 is 2.69 bits per heavy atom. The van der Waals surface area contributed by atoms with Crippen LogP contribution >= 0.6 is 27.5 Å². The number of aromatic nitrogens is 1. The number of hydrogen-bond donors (Lipinski definition) is 2. The molecule has 29 heavy (non-hydrogen) atoms. The largest absolute Gasteiger partial charge is 0.482 e. The fraction of sp³-hybridized carbons (Fsp3) is 0.0952. The third-order valence-electron chi connectivity index (χ3n) is 3.87. The maximum absolute atomic E-state index is 12.5. The predicted molar refractivity (Wildman–Crippen MR) is 115 cm³/mol. The molecule has 3 aromatic rings. The minimum atomic E-state index is -0.406. The van der Waals surface area contributed by atoms with Gasteiger partial charge in [-0.2, -0.15) is 0 Å². The summed E-state index contributed by atoms with van der Waals surface area (Å²) in [5, 5.41) is 5.91. The van der Waals surface area contributed by atoms with Crippen LogP contribution in [0.2, 0.25) is 5.02 Å². The van der Waals surface area contributed by atoms with E-state index < -0.39 is 5.91 Å². The van der Waals surface area contributed by atoms with Gasteiger partial charge in [0.15, 0.2) is 6.61 Å². The first-order chi connectivity index (χ1) is 14.0. The molecule has 6 nitrogen and oxygen atoms in total. The number of pyridine rings is 1. The molecule has 2 amide bonds. The molecule has 0 unspecified atom stereocenters. The van der Waals surface area contributed by atoms with E-state index in [0.717, 1.165) is 10.0 Å². The quantitative estimate of drug-likeness (QED) is 0.530. The zero-order chi connectivity index (χ0) is 20.6. The summed E-state index contributed by atoms with van der Waals surface area (Å²) < 4.78 is 6.27. The summed E-state index contributed by atoms with van der Waals surface area (Å²) in [7, 11) is 0. The lowest BCUT2D eigenvalue weighted by Crippen LogP contribution is -2.26. The third-order valence-corrected chi connectivity index (χ3v) is 4.66. The van der Waals surface area contributed by atoms with Crippen molar-refractivity contribution < 1.29 is 14.3 Å². The Morgan fingerprint density at radius 1 is 1.10 bits per heavy atom. The maximum atomic E-state index is 12.5. The van der Waals surface area contributed by atoms with Crippen molar-refractivity contribution in [1.82, 2.24) is 10.3 Å². The van der Waals surface area contributed by atoms with E-state index in [1.54, 1.807) is 60.9 Å². The van der Waals surface area contributed by atoms with E-state index in [1.807, 2.05) is 6.07 Å². The van der Waals surface area contributed by atoms with E-state index in [9.17, 15) is 9.59 Å². The molecule has 0 atom stereocenters. The summed E-state index contributed by atoms with van der Waals surface area (Å²) in [6.07, 6.45) is 3.35. The summed E-state index contributed by atoms with van der Waals surface area (Å²) in [5.74, 6) is -0.314. The van der Waals surface area contributed by atoms with Crippen LogP contribution in [0, 0.1) is 0 Å². The summed E-state index contributed by atoms with van der Waals surface area (Å²) in [4.78, 5) is 28.8. The second kappa shape index (κ2) is 10.0. The van der Waals surface area contributed by atoms with Crippen molar-refractivity contribution in [2.45, 2.75) is 6.54 Å². The minimum Gasteiger partial charge on any atom is -0.482 e. The molecule has 0 bridgehead atoms. The van der Waals surface area contributed by atoms with E-state index in [0.29, 0.717) is 28.6 Å². The molecule has 2 N–H and O–H groups in total. The number of halogens is 2. The Hall–Kier alpha value is -2.90. The van der Waals surface area contributed by atoms with Gasteiger partial charge in [0, 0.05) is 23.4 Å². The highest BCUT2D eigenvalue weighted by Crippen LogP contribution is 2.27. The van der Waals surface area contributed by atoms with Crippen molar-refractivity contribution in [3.05, 3.63) is 87.6 Å². The molecule has 0 saturated heterocycles. The molecule has 3 rings (SSSR count). The van der Waals surface area contributed by atoms with Gasteiger partial charge in [-0.15, -0.1) is 0 Å². The zero-order valence-corrected chi connectivity index (χ0v) is 17.5. The van der Waals surface area contributed by atoms with Gasteiger partial charge in [-0.05, 0) is 42.0 Å². The monoisotopic (exact) mass is 473 g/mol. The SMILES string of the molecule is O=C(COc1ccc(Br)cc1Cl)Nc1ccccc1C(=O)NCc1cccnc1. The lowest BCUT2D eigenvalue weighted by atomic mass is 10.1. The summed E-state index contributed by atoms with van der Waals surface area (Å²) in [6.45, 7) is 0.0904. The molecule has 8 heteroatoms. The molecular formula is C21H17BrClN3O3. The van der Waals surface area contributed by atoms with Crippen molar-refractivity contribution >= 4 is 45.0 Å². The summed E-state index contributed by atoms with van der Waals surface area (Å²) in [6, 6.07) is 15.5. The number of para-hydroxylation sites is 1. The van der Waals surface area contributed by atoms with Gasteiger partial charge < -0.3 is 15.4 Å². The number of nitrogens with one attached hydrogen (secondary N) is 2. The Balaban J connectivity index is 1.60. The van der Waals surface area contributed by atoms with Crippen molar-refractivity contribution in [2.24, 2.45) is 0 Å². The van der Waals surface area contributed by atoms with Crippen LogP contribution in [0.4, 0.5) is 5.69 Å². The molecule has 0 saturated carbocycles. The number of benzene rings is 2. The Kier molecular flexibility index (Phi) is 7.21. The van der Waals surface area contributed by atoms with Gasteiger partial charge in [-0.1, -0.05) is 45.7 Å². The average Bonchev–Trinajstić information content (AvgIpc) is 2.72. The molecule has 0 aliphatic heterocycles. The molecule has 2 aromatic carbocycles. The topological polar surface area (TPSA) is 80.3 Å². The smallest absolute Gasteiger partial charge is 0.262 e. The summed E-state index contributed by atoms with van der Waals surface area (Å²) in [5.41, 5.74) is 1.63. The molecule has 0 radical (unpaired) electrons. The molecule has 0 aliphatic carbocycles. The van der Waals surface area contributed by atoms with E-state index in [2.05, 4.69) is 31.5 Å². The second-order valence-electron chi connectivity index (χ2n) is 6.00. The van der Waals surface area contributed by atoms with Crippen LogP contribution < -0.4 is 15.4 Å². The predicted octanol–water partition coefficient (Wildman–Crippen LogP) is 4.45. The van der Waals surface area contributed by atoms with Crippen LogP contribution in [0.5, 0.6) is 5.75 Å². The van der Waals surface area contributed by atoms with Gasteiger partial charge in [0.25, 0.3) is 11.8 Å². The Morgan fingerprint density at radius 2 is 1.93 bits per heavy atom. The van der Waals surface area contributed by atoms with Crippen LogP contribution in [0.1, 0.15) is 15.9 Å². The Bertz CT molecular complexity index is 1020. The van der Waals surface area contributed by atoms with Crippen LogP contribution in [0.25, 0.3) is 0 Å². The van der Waals surface area contributed by atoms with Gasteiger partial charge in [0.05, 0.1) is 16.3 Å². The number of amides is 2. The molecule has 0 aliphatic rings. The van der Waals surface area contributed by atoms with E-state index in [1.165, 1.54) is 0 Å². The summed E-state index contributed by atoms with van der Waals surface area (Å²) >= 11 is 9.39. The van der Waals surface area contributed by atoms with E-state index in [4.69, 9.17) is 16.3 Å². The van der Waals surface area contributed by atoms with Crippen LogP contribution in [0.3, 0.4) is 0 Å². The van der Waals surface area contributed by atoms with Gasteiger partial charge in [0.1, 0.15) is 5.75 Å². The average molecular weight is 475 g/mol. The molecule has 0 fully saturated rings. The van der Waals surface area contributed by atoms with Crippen molar-refractivity contribution in [3.8, 4) is 5.75 Å². The van der Waals surface area contributed by atoms with Crippen LogP contribution in [-0.2, 0) is 11.3 Å². The number of anilines is 1. The molecule has 148 valence electrons. The lowest BCUT2D eigenvalue weighted by molar-refractivity contribution is -0.118. The van der Waals surface area contributed by atoms with Crippen molar-refractivity contribution in [2.75, 3.05) is 11.9 Å². The fourth-order valence-electron chi connectivity index (χ4n) is 2.49. The molecular weight excluding hydrogens is 458 g/mol. The number of rotatable bonds is 7. The number of hydrogen-bond acceptors (Lipinski definition) is 4.